The Labute approximate surface area is 216 Å². The van der Waals surface area contributed by atoms with Gasteiger partial charge in [0.1, 0.15) is 16.6 Å². The Hall–Kier alpha value is -3.13. The first-order chi connectivity index (χ1) is 17.0. The van der Waals surface area contributed by atoms with Gasteiger partial charge in [-0.15, -0.1) is 0 Å². The molecule has 0 spiro atoms. The highest BCUT2D eigenvalue weighted by molar-refractivity contribution is 6.29. The van der Waals surface area contributed by atoms with E-state index < -0.39 is 11.3 Å². The van der Waals surface area contributed by atoms with Crippen LogP contribution in [0.2, 0.25) is 5.15 Å². The van der Waals surface area contributed by atoms with Crippen molar-refractivity contribution in [2.45, 2.75) is 66.0 Å². The van der Waals surface area contributed by atoms with E-state index in [1.807, 2.05) is 52.0 Å². The number of carbonyl (C=O) groups is 1. The monoisotopic (exact) mass is 511 g/mol. The van der Waals surface area contributed by atoms with E-state index in [0.29, 0.717) is 36.3 Å². The number of halogens is 1. The number of para-hydroxylation sites is 1. The Morgan fingerprint density at radius 3 is 2.33 bits per heavy atom. The van der Waals surface area contributed by atoms with Crippen molar-refractivity contribution >= 4 is 34.5 Å². The molecule has 0 saturated carbocycles. The number of carbonyl (C=O) groups excluding carboxylic acids is 1. The van der Waals surface area contributed by atoms with Gasteiger partial charge in [0.2, 0.25) is 0 Å². The van der Waals surface area contributed by atoms with Gasteiger partial charge in [0.25, 0.3) is 0 Å². The molecule has 3 aromatic rings. The molecule has 192 valence electrons. The number of aromatic nitrogens is 3. The van der Waals surface area contributed by atoms with Gasteiger partial charge in [0, 0.05) is 25.7 Å². The smallest absolute Gasteiger partial charge is 0.410 e. The van der Waals surface area contributed by atoms with Gasteiger partial charge in [-0.05, 0) is 63.8 Å². The van der Waals surface area contributed by atoms with E-state index in [4.69, 9.17) is 16.3 Å². The normalized spacial score (nSPS) is 16.5. The summed E-state index contributed by atoms with van der Waals surface area (Å²) in [5, 5.41) is 1.05. The van der Waals surface area contributed by atoms with Crippen molar-refractivity contribution in [3.8, 4) is 5.69 Å². The third-order valence-electron chi connectivity index (χ3n) is 6.43. The number of piperazine rings is 1. The molecule has 8 nitrogen and oxygen atoms in total. The van der Waals surface area contributed by atoms with Crippen LogP contribution in [-0.4, -0.2) is 56.8 Å². The molecule has 4 rings (SSSR count). The summed E-state index contributed by atoms with van der Waals surface area (Å²) >= 11 is 6.33. The minimum Gasteiger partial charge on any atom is -0.444 e. The number of anilines is 1. The molecule has 0 aliphatic carbocycles. The number of amides is 1. The lowest BCUT2D eigenvalue weighted by Crippen LogP contribution is -2.55. The molecule has 1 amide bonds. The number of hydrogen-bond donors (Lipinski definition) is 0. The predicted octanol–water partition coefficient (Wildman–Crippen LogP) is 5.00. The van der Waals surface area contributed by atoms with Crippen LogP contribution in [-0.2, 0) is 17.6 Å². The minimum atomic E-state index is -0.559. The molecule has 9 heteroatoms. The van der Waals surface area contributed by atoms with Gasteiger partial charge in [0.05, 0.1) is 11.1 Å². The highest BCUT2D eigenvalue weighted by atomic mass is 35.5. The standard InChI is InChI=1S/C27H34ClN5O3/c1-7-18-10-9-11-19(8-2)22(18)33-24-20(12-13-21(28)29-24)23(30-25(33)34)32-15-14-31(16-17(32)3)26(35)36-27(4,5)6/h9-13,17H,7-8,14-16H2,1-6H3. The fourth-order valence-electron chi connectivity index (χ4n) is 4.75. The third kappa shape index (κ3) is 5.05. The minimum absolute atomic E-state index is 0.0815. The van der Waals surface area contributed by atoms with Crippen LogP contribution in [0.15, 0.2) is 35.1 Å². The quantitative estimate of drug-likeness (QED) is 0.458. The number of ether oxygens (including phenoxy) is 1. The SMILES string of the molecule is CCc1cccc(CC)c1-n1c(=O)nc(N2CCN(C(=O)OC(C)(C)C)CC2C)c2ccc(Cl)nc21. The van der Waals surface area contributed by atoms with Gasteiger partial charge in [-0.1, -0.05) is 43.6 Å². The fourth-order valence-corrected chi connectivity index (χ4v) is 4.89. The lowest BCUT2D eigenvalue weighted by molar-refractivity contribution is 0.0218. The van der Waals surface area contributed by atoms with Crippen LogP contribution in [0.3, 0.4) is 0 Å². The highest BCUT2D eigenvalue weighted by Crippen LogP contribution is 2.30. The molecule has 3 heterocycles. The molecular weight excluding hydrogens is 478 g/mol. The van der Waals surface area contributed by atoms with Crippen molar-refractivity contribution in [2.75, 3.05) is 24.5 Å². The second-order valence-corrected chi connectivity index (χ2v) is 10.5. The number of nitrogens with zero attached hydrogens (tertiary/aromatic N) is 5. The molecule has 1 aromatic carbocycles. The van der Waals surface area contributed by atoms with Gasteiger partial charge >= 0.3 is 11.8 Å². The van der Waals surface area contributed by atoms with E-state index in [1.165, 1.54) is 0 Å². The molecule has 36 heavy (non-hydrogen) atoms. The van der Waals surface area contributed by atoms with Crippen LogP contribution >= 0.6 is 11.6 Å². The van der Waals surface area contributed by atoms with E-state index in [2.05, 4.69) is 28.7 Å². The Morgan fingerprint density at radius 2 is 1.75 bits per heavy atom. The summed E-state index contributed by atoms with van der Waals surface area (Å²) in [6, 6.07) is 9.59. The summed E-state index contributed by atoms with van der Waals surface area (Å²) < 4.78 is 7.15. The van der Waals surface area contributed by atoms with Crippen molar-refractivity contribution in [3.05, 3.63) is 57.1 Å². The number of aryl methyl sites for hydroxylation is 2. The molecule has 1 unspecified atom stereocenters. The molecule has 1 fully saturated rings. The maximum absolute atomic E-state index is 13.6. The summed E-state index contributed by atoms with van der Waals surface area (Å²) in [6.07, 6.45) is 1.20. The Balaban J connectivity index is 1.81. The zero-order valence-corrected chi connectivity index (χ0v) is 22.6. The Kier molecular flexibility index (Phi) is 7.27. The number of fused-ring (bicyclic) bond motifs is 1. The van der Waals surface area contributed by atoms with Crippen molar-refractivity contribution < 1.29 is 9.53 Å². The molecule has 0 N–H and O–H groups in total. The first-order valence-electron chi connectivity index (χ1n) is 12.5. The summed E-state index contributed by atoms with van der Waals surface area (Å²) in [7, 11) is 0. The Morgan fingerprint density at radius 1 is 1.08 bits per heavy atom. The molecule has 2 aromatic heterocycles. The Bertz CT molecular complexity index is 1330. The zero-order chi connectivity index (χ0) is 26.2. The topological polar surface area (TPSA) is 80.6 Å². The largest absolute Gasteiger partial charge is 0.444 e. The van der Waals surface area contributed by atoms with E-state index in [9.17, 15) is 9.59 Å². The lowest BCUT2D eigenvalue weighted by atomic mass is 10.0. The van der Waals surface area contributed by atoms with Gasteiger partial charge in [-0.2, -0.15) is 4.98 Å². The van der Waals surface area contributed by atoms with Crippen molar-refractivity contribution in [3.63, 3.8) is 0 Å². The molecule has 0 bridgehead atoms. The summed E-state index contributed by atoms with van der Waals surface area (Å²) in [6.45, 7) is 13.2. The maximum atomic E-state index is 13.6. The van der Waals surface area contributed by atoms with E-state index in [-0.39, 0.29) is 12.1 Å². The lowest BCUT2D eigenvalue weighted by Gasteiger charge is -2.41. The fraction of sp³-hybridized carbons (Fsp3) is 0.481. The van der Waals surface area contributed by atoms with Gasteiger partial charge in [-0.3, -0.25) is 0 Å². The summed E-state index contributed by atoms with van der Waals surface area (Å²) in [5.41, 5.74) is 2.45. The molecule has 1 atom stereocenters. The van der Waals surface area contributed by atoms with Crippen molar-refractivity contribution in [1.29, 1.82) is 0 Å². The third-order valence-corrected chi connectivity index (χ3v) is 6.64. The zero-order valence-electron chi connectivity index (χ0n) is 21.8. The number of hydrogen-bond acceptors (Lipinski definition) is 6. The van der Waals surface area contributed by atoms with Crippen molar-refractivity contribution in [2.24, 2.45) is 0 Å². The molecular formula is C27H34ClN5O3. The second kappa shape index (κ2) is 10.1. The number of pyridine rings is 1. The van der Waals surface area contributed by atoms with E-state index in [0.717, 1.165) is 35.0 Å². The van der Waals surface area contributed by atoms with Crippen LogP contribution in [0.1, 0.15) is 52.7 Å². The maximum Gasteiger partial charge on any atom is 0.410 e. The van der Waals surface area contributed by atoms with Crippen molar-refractivity contribution in [1.82, 2.24) is 19.4 Å². The first kappa shape index (κ1) is 25.9. The van der Waals surface area contributed by atoms with Crippen LogP contribution in [0.4, 0.5) is 10.6 Å². The first-order valence-corrected chi connectivity index (χ1v) is 12.9. The number of benzene rings is 1. The van der Waals surface area contributed by atoms with Gasteiger partial charge in [0.15, 0.2) is 5.65 Å². The van der Waals surface area contributed by atoms with E-state index in [1.54, 1.807) is 15.5 Å². The number of rotatable bonds is 4. The summed E-state index contributed by atoms with van der Waals surface area (Å²) in [5.74, 6) is 0.554. The van der Waals surface area contributed by atoms with Gasteiger partial charge < -0.3 is 14.5 Å². The second-order valence-electron chi connectivity index (χ2n) is 10.2. The van der Waals surface area contributed by atoms with E-state index >= 15 is 0 Å². The molecule has 1 aliphatic rings. The molecule has 0 radical (unpaired) electrons. The average molecular weight is 512 g/mol. The van der Waals surface area contributed by atoms with Crippen LogP contribution in [0, 0.1) is 0 Å². The van der Waals surface area contributed by atoms with Crippen LogP contribution in [0.25, 0.3) is 16.7 Å². The van der Waals surface area contributed by atoms with Gasteiger partial charge in [-0.25, -0.2) is 19.1 Å². The van der Waals surface area contributed by atoms with Crippen LogP contribution < -0.4 is 10.6 Å². The molecule has 1 saturated heterocycles. The predicted molar refractivity (Wildman–Crippen MR) is 144 cm³/mol. The average Bonchev–Trinajstić information content (AvgIpc) is 2.82. The van der Waals surface area contributed by atoms with Crippen LogP contribution in [0.5, 0.6) is 0 Å². The summed E-state index contributed by atoms with van der Waals surface area (Å²) in [4.78, 5) is 39.2. The highest BCUT2D eigenvalue weighted by Gasteiger charge is 2.32. The molecule has 1 aliphatic heterocycles.